The summed E-state index contributed by atoms with van der Waals surface area (Å²) in [6.07, 6.45) is 2.33. The largest absolute Gasteiger partial charge is 0.361 e. The molecule has 8 heteroatoms. The number of fused-ring (bicyclic) bond motifs is 1. The van der Waals surface area contributed by atoms with Gasteiger partial charge in [-0.05, 0) is 41.8 Å². The van der Waals surface area contributed by atoms with Crippen LogP contribution >= 0.6 is 0 Å². The number of hydrogen-bond donors (Lipinski definition) is 2. The second-order valence-corrected chi connectivity index (χ2v) is 6.60. The van der Waals surface area contributed by atoms with E-state index in [1.54, 1.807) is 12.3 Å². The van der Waals surface area contributed by atoms with Gasteiger partial charge >= 0.3 is 0 Å². The van der Waals surface area contributed by atoms with Crippen LogP contribution in [0.3, 0.4) is 0 Å². The van der Waals surface area contributed by atoms with Crippen LogP contribution in [0, 0.1) is 17.5 Å². The minimum absolute atomic E-state index is 0.0489. The molecule has 0 spiro atoms. The molecule has 4 rings (SSSR count). The third-order valence-electron chi connectivity index (χ3n) is 4.58. The molecular formula is C21H16F3N3O2. The molecule has 0 unspecified atom stereocenters. The van der Waals surface area contributed by atoms with Gasteiger partial charge in [0.1, 0.15) is 23.2 Å². The van der Waals surface area contributed by atoms with E-state index in [9.17, 15) is 18.0 Å². The van der Waals surface area contributed by atoms with E-state index >= 15 is 0 Å². The number of aromatic nitrogens is 2. The van der Waals surface area contributed by atoms with Crippen molar-refractivity contribution < 1.29 is 22.5 Å². The molecule has 0 saturated heterocycles. The maximum atomic E-state index is 13.7. The number of amides is 1. The predicted octanol–water partition coefficient (Wildman–Crippen LogP) is 4.14. The van der Waals surface area contributed by atoms with Crippen LogP contribution in [0.5, 0.6) is 0 Å². The molecule has 2 N–H and O–H groups in total. The SMILES string of the molecule is O=C(NCCc1c[nH]c2ccc(F)cc12)c1cc(Cc2ccc(F)cc2F)on1. The molecule has 2 aromatic heterocycles. The molecule has 0 atom stereocenters. The zero-order valence-electron chi connectivity index (χ0n) is 15.1. The van der Waals surface area contributed by atoms with Gasteiger partial charge in [-0.25, -0.2) is 13.2 Å². The van der Waals surface area contributed by atoms with E-state index in [1.165, 1.54) is 24.3 Å². The summed E-state index contributed by atoms with van der Waals surface area (Å²) in [6.45, 7) is 0.317. The quantitative estimate of drug-likeness (QED) is 0.512. The Morgan fingerprint density at radius 2 is 1.83 bits per heavy atom. The van der Waals surface area contributed by atoms with Gasteiger partial charge in [-0.2, -0.15) is 0 Å². The van der Waals surface area contributed by atoms with Gasteiger partial charge in [0.25, 0.3) is 5.91 Å². The highest BCUT2D eigenvalue weighted by Gasteiger charge is 2.14. The van der Waals surface area contributed by atoms with Crippen molar-refractivity contribution in [1.82, 2.24) is 15.5 Å². The predicted molar refractivity (Wildman–Crippen MR) is 100.0 cm³/mol. The van der Waals surface area contributed by atoms with E-state index in [4.69, 9.17) is 4.52 Å². The van der Waals surface area contributed by atoms with Gasteiger partial charge in [-0.15, -0.1) is 0 Å². The lowest BCUT2D eigenvalue weighted by Crippen LogP contribution is -2.25. The molecule has 29 heavy (non-hydrogen) atoms. The number of H-pyrrole nitrogens is 1. The molecule has 5 nitrogen and oxygen atoms in total. The number of nitrogens with zero attached hydrogens (tertiary/aromatic N) is 1. The van der Waals surface area contributed by atoms with E-state index in [2.05, 4.69) is 15.5 Å². The molecule has 0 radical (unpaired) electrons. The van der Waals surface area contributed by atoms with Crippen molar-refractivity contribution in [2.75, 3.05) is 6.54 Å². The normalized spacial score (nSPS) is 11.1. The topological polar surface area (TPSA) is 70.9 Å². The Morgan fingerprint density at radius 3 is 2.66 bits per heavy atom. The lowest BCUT2D eigenvalue weighted by Gasteiger charge is -2.02. The first-order valence-electron chi connectivity index (χ1n) is 8.93. The average molecular weight is 399 g/mol. The first-order chi connectivity index (χ1) is 14.0. The van der Waals surface area contributed by atoms with Crippen molar-refractivity contribution in [3.05, 3.63) is 88.7 Å². The van der Waals surface area contributed by atoms with Crippen molar-refractivity contribution >= 4 is 16.8 Å². The van der Waals surface area contributed by atoms with Crippen LogP contribution in [0.1, 0.15) is 27.4 Å². The van der Waals surface area contributed by atoms with Crippen molar-refractivity contribution in [3.8, 4) is 0 Å². The van der Waals surface area contributed by atoms with Crippen molar-refractivity contribution in [2.24, 2.45) is 0 Å². The van der Waals surface area contributed by atoms with Crippen molar-refractivity contribution in [1.29, 1.82) is 0 Å². The van der Waals surface area contributed by atoms with Gasteiger partial charge in [0, 0.05) is 42.2 Å². The molecule has 2 heterocycles. The summed E-state index contributed by atoms with van der Waals surface area (Å²) in [6, 6.07) is 9.16. The third kappa shape index (κ3) is 4.16. The van der Waals surface area contributed by atoms with Gasteiger partial charge in [-0.1, -0.05) is 11.2 Å². The first kappa shape index (κ1) is 18.8. The maximum absolute atomic E-state index is 13.7. The zero-order chi connectivity index (χ0) is 20.4. The van der Waals surface area contributed by atoms with Gasteiger partial charge in [0.2, 0.25) is 0 Å². The fourth-order valence-corrected chi connectivity index (χ4v) is 3.11. The van der Waals surface area contributed by atoms with Crippen LogP contribution in [0.15, 0.2) is 53.2 Å². The van der Waals surface area contributed by atoms with Gasteiger partial charge in [-0.3, -0.25) is 4.79 Å². The zero-order valence-corrected chi connectivity index (χ0v) is 15.1. The number of halogens is 3. The molecule has 0 aliphatic rings. The molecular weight excluding hydrogens is 383 g/mol. The molecule has 0 bridgehead atoms. The number of carbonyl (C=O) groups is 1. The number of nitrogens with one attached hydrogen (secondary N) is 2. The number of aromatic amines is 1. The van der Waals surface area contributed by atoms with Gasteiger partial charge < -0.3 is 14.8 Å². The number of carbonyl (C=O) groups excluding carboxylic acids is 1. The van der Waals surface area contributed by atoms with E-state index in [0.29, 0.717) is 13.0 Å². The molecule has 0 aliphatic heterocycles. The third-order valence-corrected chi connectivity index (χ3v) is 4.58. The highest BCUT2D eigenvalue weighted by molar-refractivity contribution is 5.92. The monoisotopic (exact) mass is 399 g/mol. The second kappa shape index (κ2) is 7.83. The van der Waals surface area contributed by atoms with Crippen LogP contribution in [0.2, 0.25) is 0 Å². The van der Waals surface area contributed by atoms with Crippen molar-refractivity contribution in [3.63, 3.8) is 0 Å². The first-order valence-corrected chi connectivity index (χ1v) is 8.93. The summed E-state index contributed by atoms with van der Waals surface area (Å²) in [7, 11) is 0. The Morgan fingerprint density at radius 1 is 1.03 bits per heavy atom. The van der Waals surface area contributed by atoms with E-state index in [-0.39, 0.29) is 29.3 Å². The minimum Gasteiger partial charge on any atom is -0.361 e. The molecule has 0 saturated carbocycles. The number of rotatable bonds is 6. The number of hydrogen-bond acceptors (Lipinski definition) is 3. The highest BCUT2D eigenvalue weighted by Crippen LogP contribution is 2.20. The van der Waals surface area contributed by atoms with Gasteiger partial charge in [0.05, 0.1) is 0 Å². The van der Waals surface area contributed by atoms with Crippen LogP contribution in [-0.4, -0.2) is 22.6 Å². The summed E-state index contributed by atoms with van der Waals surface area (Å²) < 4.78 is 45.2. The summed E-state index contributed by atoms with van der Waals surface area (Å²) in [4.78, 5) is 15.3. The smallest absolute Gasteiger partial charge is 0.273 e. The Labute approximate surface area is 163 Å². The van der Waals surface area contributed by atoms with Crippen LogP contribution in [0.4, 0.5) is 13.2 Å². The fourth-order valence-electron chi connectivity index (χ4n) is 3.11. The average Bonchev–Trinajstić information content (AvgIpc) is 3.31. The summed E-state index contributed by atoms with van der Waals surface area (Å²) in [5.74, 6) is -1.84. The molecule has 0 fully saturated rings. The van der Waals surface area contributed by atoms with E-state index in [0.717, 1.165) is 28.6 Å². The standard InChI is InChI=1S/C21H16F3N3O2/c22-14-3-4-19-17(8-14)13(11-26-19)5-6-25-21(28)20-10-16(29-27-20)7-12-1-2-15(23)9-18(12)24/h1-4,8-11,26H,5-7H2,(H,25,28). The highest BCUT2D eigenvalue weighted by atomic mass is 19.1. The summed E-state index contributed by atoms with van der Waals surface area (Å²) >= 11 is 0. The number of benzene rings is 2. The van der Waals surface area contributed by atoms with Gasteiger partial charge in [0.15, 0.2) is 5.69 Å². The molecule has 1 amide bonds. The van der Waals surface area contributed by atoms with Crippen LogP contribution < -0.4 is 5.32 Å². The maximum Gasteiger partial charge on any atom is 0.273 e. The Kier molecular flexibility index (Phi) is 5.07. The summed E-state index contributed by atoms with van der Waals surface area (Å²) in [5.41, 5.74) is 2.00. The van der Waals surface area contributed by atoms with Crippen molar-refractivity contribution in [2.45, 2.75) is 12.8 Å². The Bertz CT molecular complexity index is 1180. The molecule has 148 valence electrons. The summed E-state index contributed by atoms with van der Waals surface area (Å²) in [5, 5.41) is 7.19. The van der Waals surface area contributed by atoms with Crippen LogP contribution in [-0.2, 0) is 12.8 Å². The lowest BCUT2D eigenvalue weighted by atomic mass is 10.1. The Hall–Kier alpha value is -3.55. The molecule has 4 aromatic rings. The van der Waals surface area contributed by atoms with E-state index < -0.39 is 17.5 Å². The fraction of sp³-hybridized carbons (Fsp3) is 0.143. The molecule has 0 aliphatic carbocycles. The molecule has 2 aromatic carbocycles. The Balaban J connectivity index is 1.36. The lowest BCUT2D eigenvalue weighted by molar-refractivity contribution is 0.0945. The van der Waals surface area contributed by atoms with E-state index in [1.807, 2.05) is 0 Å². The second-order valence-electron chi connectivity index (χ2n) is 6.60. The van der Waals surface area contributed by atoms with Crippen LogP contribution in [0.25, 0.3) is 10.9 Å². The minimum atomic E-state index is -0.692.